The molecule has 1 aliphatic carbocycles. The van der Waals surface area contributed by atoms with Crippen LogP contribution in [0.5, 0.6) is 5.75 Å². The second kappa shape index (κ2) is 8.02. The summed E-state index contributed by atoms with van der Waals surface area (Å²) >= 11 is 0. The van der Waals surface area contributed by atoms with E-state index in [1.165, 1.54) is 12.8 Å². The molecule has 4 nitrogen and oxygen atoms in total. The van der Waals surface area contributed by atoms with Gasteiger partial charge < -0.3 is 14.4 Å². The highest BCUT2D eigenvalue weighted by molar-refractivity contribution is 5.77. The lowest BCUT2D eigenvalue weighted by atomic mass is 9.77. The molecule has 24 heavy (non-hydrogen) atoms. The topological polar surface area (TPSA) is 38.8 Å². The van der Waals surface area contributed by atoms with Gasteiger partial charge in [-0.2, -0.15) is 0 Å². The molecule has 1 saturated heterocycles. The Balaban J connectivity index is 1.61. The molecule has 1 aliphatic heterocycles. The Bertz CT molecular complexity index is 529. The van der Waals surface area contributed by atoms with Gasteiger partial charge in [-0.05, 0) is 63.6 Å². The van der Waals surface area contributed by atoms with Gasteiger partial charge in [-0.15, -0.1) is 0 Å². The highest BCUT2D eigenvalue weighted by atomic mass is 16.5. The molecule has 132 valence electrons. The molecule has 2 fully saturated rings. The maximum absolute atomic E-state index is 12.7. The molecule has 1 aromatic carbocycles. The SMILES string of the molecule is CCOC(=O)[C@@]1(CCOc2ccccc2)CCCN(CC2CC2)C1. The van der Waals surface area contributed by atoms with Crippen molar-refractivity contribution in [2.24, 2.45) is 11.3 Å². The Kier molecular flexibility index (Phi) is 5.77. The van der Waals surface area contributed by atoms with Gasteiger partial charge in [0.25, 0.3) is 0 Å². The van der Waals surface area contributed by atoms with Crippen LogP contribution in [0, 0.1) is 11.3 Å². The van der Waals surface area contributed by atoms with E-state index in [0.717, 1.165) is 50.6 Å². The first kappa shape index (κ1) is 17.3. The van der Waals surface area contributed by atoms with Crippen LogP contribution in [0.4, 0.5) is 0 Å². The van der Waals surface area contributed by atoms with Crippen molar-refractivity contribution < 1.29 is 14.3 Å². The number of nitrogens with zero attached hydrogens (tertiary/aromatic N) is 1. The molecule has 0 aromatic heterocycles. The number of carbonyl (C=O) groups is 1. The Hall–Kier alpha value is -1.55. The van der Waals surface area contributed by atoms with Gasteiger partial charge in [-0.1, -0.05) is 18.2 Å². The van der Waals surface area contributed by atoms with E-state index in [4.69, 9.17) is 9.47 Å². The van der Waals surface area contributed by atoms with Gasteiger partial charge in [0, 0.05) is 13.1 Å². The second-order valence-corrected chi connectivity index (χ2v) is 7.19. The van der Waals surface area contributed by atoms with E-state index in [9.17, 15) is 4.79 Å². The fourth-order valence-corrected chi connectivity index (χ4v) is 3.69. The van der Waals surface area contributed by atoms with Gasteiger partial charge in [0.2, 0.25) is 0 Å². The molecular formula is C20H29NO3. The molecular weight excluding hydrogens is 302 g/mol. The van der Waals surface area contributed by atoms with Gasteiger partial charge in [0.05, 0.1) is 18.6 Å². The first-order valence-electron chi connectivity index (χ1n) is 9.29. The highest BCUT2D eigenvalue weighted by Gasteiger charge is 2.44. The third-order valence-corrected chi connectivity index (χ3v) is 5.17. The predicted octanol–water partition coefficient (Wildman–Crippen LogP) is 3.51. The number of benzene rings is 1. The minimum absolute atomic E-state index is 0.0397. The third-order valence-electron chi connectivity index (χ3n) is 5.17. The van der Waals surface area contributed by atoms with Crippen LogP contribution in [0.15, 0.2) is 30.3 Å². The molecule has 0 N–H and O–H groups in total. The lowest BCUT2D eigenvalue weighted by Gasteiger charge is -2.41. The van der Waals surface area contributed by atoms with Crippen molar-refractivity contribution >= 4 is 5.97 Å². The van der Waals surface area contributed by atoms with Crippen LogP contribution in [-0.4, -0.2) is 43.7 Å². The van der Waals surface area contributed by atoms with Gasteiger partial charge in [0.15, 0.2) is 0 Å². The standard InChI is InChI=1S/C20H29NO3/c1-2-23-19(22)20(12-14-24-18-7-4-3-5-8-18)11-6-13-21(16-20)15-17-9-10-17/h3-5,7-8,17H,2,6,9-16H2,1H3/t20-/m1/s1. The monoisotopic (exact) mass is 331 g/mol. The minimum atomic E-state index is -0.405. The summed E-state index contributed by atoms with van der Waals surface area (Å²) in [6.07, 6.45) is 5.39. The van der Waals surface area contributed by atoms with Crippen LogP contribution >= 0.6 is 0 Å². The number of ether oxygens (including phenoxy) is 2. The van der Waals surface area contributed by atoms with Gasteiger partial charge in [-0.25, -0.2) is 0 Å². The maximum Gasteiger partial charge on any atom is 0.313 e. The van der Waals surface area contributed by atoms with Gasteiger partial charge in [-0.3, -0.25) is 4.79 Å². The number of hydrogen-bond acceptors (Lipinski definition) is 4. The van der Waals surface area contributed by atoms with Crippen molar-refractivity contribution in [3.8, 4) is 5.75 Å². The minimum Gasteiger partial charge on any atom is -0.494 e. The molecule has 4 heteroatoms. The predicted molar refractivity (Wildman–Crippen MR) is 94.0 cm³/mol. The summed E-state index contributed by atoms with van der Waals surface area (Å²) < 4.78 is 11.3. The van der Waals surface area contributed by atoms with E-state index in [2.05, 4.69) is 4.90 Å². The molecule has 1 heterocycles. The normalized spacial score (nSPS) is 24.5. The number of esters is 1. The number of rotatable bonds is 8. The maximum atomic E-state index is 12.7. The summed E-state index contributed by atoms with van der Waals surface area (Å²) in [7, 11) is 0. The summed E-state index contributed by atoms with van der Waals surface area (Å²) in [6, 6.07) is 9.82. The molecule has 2 aliphatic rings. The van der Waals surface area contributed by atoms with Crippen LogP contribution in [0.2, 0.25) is 0 Å². The molecule has 1 atom stereocenters. The summed E-state index contributed by atoms with van der Waals surface area (Å²) in [5, 5.41) is 0. The number of hydrogen-bond donors (Lipinski definition) is 0. The smallest absolute Gasteiger partial charge is 0.313 e. The number of piperidine rings is 1. The van der Waals surface area contributed by atoms with E-state index in [1.54, 1.807) is 0 Å². The van der Waals surface area contributed by atoms with Crippen molar-refractivity contribution in [1.29, 1.82) is 0 Å². The molecule has 0 bridgehead atoms. The zero-order valence-electron chi connectivity index (χ0n) is 14.7. The van der Waals surface area contributed by atoms with Crippen LogP contribution in [-0.2, 0) is 9.53 Å². The summed E-state index contributed by atoms with van der Waals surface area (Å²) in [4.78, 5) is 15.2. The third kappa shape index (κ3) is 4.50. The zero-order valence-corrected chi connectivity index (χ0v) is 14.7. The van der Waals surface area contributed by atoms with E-state index in [0.29, 0.717) is 13.2 Å². The van der Waals surface area contributed by atoms with Crippen molar-refractivity contribution in [2.75, 3.05) is 32.8 Å². The second-order valence-electron chi connectivity index (χ2n) is 7.19. The van der Waals surface area contributed by atoms with E-state index in [-0.39, 0.29) is 5.97 Å². The lowest BCUT2D eigenvalue weighted by molar-refractivity contribution is -0.160. The molecule has 0 amide bonds. The fourth-order valence-electron chi connectivity index (χ4n) is 3.69. The Morgan fingerprint density at radius 3 is 2.79 bits per heavy atom. The molecule has 0 radical (unpaired) electrons. The molecule has 1 aromatic rings. The first-order chi connectivity index (χ1) is 11.7. The van der Waals surface area contributed by atoms with E-state index < -0.39 is 5.41 Å². The highest BCUT2D eigenvalue weighted by Crippen LogP contribution is 2.38. The van der Waals surface area contributed by atoms with Crippen LogP contribution < -0.4 is 4.74 Å². The number of likely N-dealkylation sites (tertiary alicyclic amines) is 1. The molecule has 1 saturated carbocycles. The summed E-state index contributed by atoms with van der Waals surface area (Å²) in [6.45, 7) is 5.96. The number of para-hydroxylation sites is 1. The zero-order chi connectivity index (χ0) is 16.8. The summed E-state index contributed by atoms with van der Waals surface area (Å²) in [5.74, 6) is 1.67. The average molecular weight is 331 g/mol. The lowest BCUT2D eigenvalue weighted by Crippen LogP contribution is -2.49. The Labute approximate surface area is 145 Å². The first-order valence-corrected chi connectivity index (χ1v) is 9.29. The quantitative estimate of drug-likeness (QED) is 0.683. The fraction of sp³-hybridized carbons (Fsp3) is 0.650. The van der Waals surface area contributed by atoms with Crippen molar-refractivity contribution in [3.05, 3.63) is 30.3 Å². The molecule has 0 unspecified atom stereocenters. The molecule has 3 rings (SSSR count). The van der Waals surface area contributed by atoms with Crippen molar-refractivity contribution in [3.63, 3.8) is 0 Å². The van der Waals surface area contributed by atoms with Crippen LogP contribution in [0.1, 0.15) is 39.0 Å². The van der Waals surface area contributed by atoms with Crippen molar-refractivity contribution in [1.82, 2.24) is 4.90 Å². The van der Waals surface area contributed by atoms with Crippen LogP contribution in [0.3, 0.4) is 0 Å². The Morgan fingerprint density at radius 1 is 1.29 bits per heavy atom. The molecule has 0 spiro atoms. The van der Waals surface area contributed by atoms with Crippen LogP contribution in [0.25, 0.3) is 0 Å². The van der Waals surface area contributed by atoms with E-state index in [1.807, 2.05) is 37.3 Å². The Morgan fingerprint density at radius 2 is 2.08 bits per heavy atom. The largest absolute Gasteiger partial charge is 0.494 e. The van der Waals surface area contributed by atoms with E-state index >= 15 is 0 Å². The van der Waals surface area contributed by atoms with Gasteiger partial charge >= 0.3 is 5.97 Å². The number of carbonyl (C=O) groups excluding carboxylic acids is 1. The average Bonchev–Trinajstić information content (AvgIpc) is 3.40. The summed E-state index contributed by atoms with van der Waals surface area (Å²) in [5.41, 5.74) is -0.405. The van der Waals surface area contributed by atoms with Crippen molar-refractivity contribution in [2.45, 2.75) is 39.0 Å². The van der Waals surface area contributed by atoms with Gasteiger partial charge in [0.1, 0.15) is 5.75 Å².